The molecule has 0 atom stereocenters. The molecule has 10 rings (SSSR count). The van der Waals surface area contributed by atoms with Gasteiger partial charge in [-0.1, -0.05) is 140 Å². The molecule has 1 aromatic heterocycles. The van der Waals surface area contributed by atoms with Crippen LogP contribution in [0.1, 0.15) is 0 Å². The standard InChI is InChI=1S/C48H31NO/c1-2-12-32(13-3-1)34-15-10-17-38(28-34)49(46-29-35-14-4-5-18-40(35)41-19-6-7-20-42(41)46)37-26-24-33(25-27-37)39-22-11-16-36-30-48-45(31-44(36)39)43-21-8-9-23-47(43)50-48/h1-31H. The van der Waals surface area contributed by atoms with E-state index < -0.39 is 0 Å². The average molecular weight is 638 g/mol. The van der Waals surface area contributed by atoms with Crippen LogP contribution in [0.25, 0.3) is 76.5 Å². The zero-order chi connectivity index (χ0) is 33.0. The number of hydrogen-bond acceptors (Lipinski definition) is 2. The van der Waals surface area contributed by atoms with Crippen LogP contribution in [-0.2, 0) is 0 Å². The van der Waals surface area contributed by atoms with E-state index in [0.717, 1.165) is 39.0 Å². The lowest BCUT2D eigenvalue weighted by molar-refractivity contribution is 0.669. The molecule has 2 heteroatoms. The number of fused-ring (bicyclic) bond motifs is 7. The van der Waals surface area contributed by atoms with Crippen LogP contribution >= 0.6 is 0 Å². The third kappa shape index (κ3) is 4.65. The van der Waals surface area contributed by atoms with E-state index in [-0.39, 0.29) is 0 Å². The molecule has 0 aliphatic carbocycles. The van der Waals surface area contributed by atoms with Crippen LogP contribution in [0.2, 0.25) is 0 Å². The van der Waals surface area contributed by atoms with Crippen molar-refractivity contribution in [3.05, 3.63) is 188 Å². The van der Waals surface area contributed by atoms with Crippen LogP contribution < -0.4 is 4.90 Å². The van der Waals surface area contributed by atoms with E-state index in [2.05, 4.69) is 181 Å². The number of hydrogen-bond donors (Lipinski definition) is 0. The predicted octanol–water partition coefficient (Wildman–Crippen LogP) is 13.8. The number of anilines is 3. The quantitative estimate of drug-likeness (QED) is 0.175. The molecule has 0 aliphatic heterocycles. The fraction of sp³-hybridized carbons (Fsp3) is 0. The van der Waals surface area contributed by atoms with Crippen molar-refractivity contribution in [2.45, 2.75) is 0 Å². The highest BCUT2D eigenvalue weighted by Gasteiger charge is 2.19. The van der Waals surface area contributed by atoms with Crippen molar-refractivity contribution in [1.82, 2.24) is 0 Å². The van der Waals surface area contributed by atoms with Gasteiger partial charge in [0.05, 0.1) is 5.69 Å². The molecule has 0 aliphatic rings. The summed E-state index contributed by atoms with van der Waals surface area (Å²) in [6.07, 6.45) is 0. The van der Waals surface area contributed by atoms with Gasteiger partial charge in [0.25, 0.3) is 0 Å². The lowest BCUT2D eigenvalue weighted by Crippen LogP contribution is -2.10. The first-order chi connectivity index (χ1) is 24.8. The smallest absolute Gasteiger partial charge is 0.136 e. The second-order valence-corrected chi connectivity index (χ2v) is 12.9. The first kappa shape index (κ1) is 28.4. The SMILES string of the molecule is c1ccc(-c2cccc(N(c3ccc(-c4cccc5cc6oc7ccccc7c6cc45)cc3)c3cc4ccccc4c4ccccc34)c2)cc1. The van der Waals surface area contributed by atoms with Gasteiger partial charge in [0.15, 0.2) is 0 Å². The van der Waals surface area contributed by atoms with Gasteiger partial charge in [-0.05, 0) is 97.7 Å². The Kier molecular flexibility index (Phi) is 6.53. The molecule has 0 unspecified atom stereocenters. The van der Waals surface area contributed by atoms with Gasteiger partial charge in [-0.15, -0.1) is 0 Å². The summed E-state index contributed by atoms with van der Waals surface area (Å²) in [7, 11) is 0. The van der Waals surface area contributed by atoms with Gasteiger partial charge in [-0.3, -0.25) is 0 Å². The highest BCUT2D eigenvalue weighted by Crippen LogP contribution is 2.44. The van der Waals surface area contributed by atoms with Gasteiger partial charge >= 0.3 is 0 Å². The summed E-state index contributed by atoms with van der Waals surface area (Å²) in [4.78, 5) is 2.41. The second kappa shape index (κ2) is 11.5. The minimum atomic E-state index is 0.918. The largest absolute Gasteiger partial charge is 0.456 e. The van der Waals surface area contributed by atoms with Crippen LogP contribution in [0.3, 0.4) is 0 Å². The van der Waals surface area contributed by atoms with Crippen LogP contribution in [-0.4, -0.2) is 0 Å². The van der Waals surface area contributed by atoms with Crippen molar-refractivity contribution >= 4 is 71.3 Å². The average Bonchev–Trinajstić information content (AvgIpc) is 3.55. The van der Waals surface area contributed by atoms with Crippen LogP contribution in [0.15, 0.2) is 192 Å². The molecule has 0 N–H and O–H groups in total. The third-order valence-corrected chi connectivity index (χ3v) is 10.0. The molecule has 9 aromatic carbocycles. The molecule has 50 heavy (non-hydrogen) atoms. The van der Waals surface area contributed by atoms with Gasteiger partial charge in [0.1, 0.15) is 11.2 Å². The van der Waals surface area contributed by atoms with E-state index >= 15 is 0 Å². The van der Waals surface area contributed by atoms with Gasteiger partial charge < -0.3 is 9.32 Å². The zero-order valence-corrected chi connectivity index (χ0v) is 27.3. The normalized spacial score (nSPS) is 11.6. The number of furan rings is 1. The molecule has 0 saturated carbocycles. The van der Waals surface area contributed by atoms with Crippen LogP contribution in [0.4, 0.5) is 17.1 Å². The van der Waals surface area contributed by atoms with Gasteiger partial charge in [-0.25, -0.2) is 0 Å². The maximum Gasteiger partial charge on any atom is 0.136 e. The van der Waals surface area contributed by atoms with E-state index in [4.69, 9.17) is 4.42 Å². The van der Waals surface area contributed by atoms with Crippen molar-refractivity contribution in [2.24, 2.45) is 0 Å². The van der Waals surface area contributed by atoms with Crippen molar-refractivity contribution in [3.63, 3.8) is 0 Å². The summed E-state index contributed by atoms with van der Waals surface area (Å²) in [6.45, 7) is 0. The summed E-state index contributed by atoms with van der Waals surface area (Å²) in [5.41, 5.74) is 9.96. The van der Waals surface area contributed by atoms with Crippen molar-refractivity contribution in [3.8, 4) is 22.3 Å². The van der Waals surface area contributed by atoms with Gasteiger partial charge in [0, 0.05) is 27.5 Å². The molecule has 0 amide bonds. The lowest BCUT2D eigenvalue weighted by Gasteiger charge is -2.28. The van der Waals surface area contributed by atoms with E-state index in [1.165, 1.54) is 54.6 Å². The highest BCUT2D eigenvalue weighted by atomic mass is 16.3. The van der Waals surface area contributed by atoms with Gasteiger partial charge in [-0.2, -0.15) is 0 Å². The Morgan fingerprint density at radius 2 is 0.980 bits per heavy atom. The Hall–Kier alpha value is -6.64. The summed E-state index contributed by atoms with van der Waals surface area (Å²) >= 11 is 0. The third-order valence-electron chi connectivity index (χ3n) is 10.0. The maximum absolute atomic E-state index is 6.22. The Bertz CT molecular complexity index is 2870. The van der Waals surface area contributed by atoms with E-state index in [9.17, 15) is 0 Å². The molecule has 0 spiro atoms. The first-order valence-electron chi connectivity index (χ1n) is 17.1. The number of para-hydroxylation sites is 1. The molecule has 0 saturated heterocycles. The monoisotopic (exact) mass is 637 g/mol. The van der Waals surface area contributed by atoms with Gasteiger partial charge in [0.2, 0.25) is 0 Å². The molecule has 1 heterocycles. The van der Waals surface area contributed by atoms with E-state index in [0.29, 0.717) is 0 Å². The summed E-state index contributed by atoms with van der Waals surface area (Å²) < 4.78 is 6.22. The number of nitrogens with zero attached hydrogens (tertiary/aromatic N) is 1. The topological polar surface area (TPSA) is 16.4 Å². The molecule has 10 aromatic rings. The molecular formula is C48H31NO. The van der Waals surface area contributed by atoms with Crippen LogP contribution in [0, 0.1) is 0 Å². The summed E-state index contributed by atoms with van der Waals surface area (Å²) in [6, 6.07) is 67.6. The molecule has 0 fully saturated rings. The number of rotatable bonds is 5. The van der Waals surface area contributed by atoms with E-state index in [1.54, 1.807) is 0 Å². The Morgan fingerprint density at radius 3 is 1.84 bits per heavy atom. The van der Waals surface area contributed by atoms with E-state index in [1.807, 2.05) is 12.1 Å². The Labute approximate surface area is 290 Å². The molecule has 0 bridgehead atoms. The molecule has 234 valence electrons. The van der Waals surface area contributed by atoms with Crippen molar-refractivity contribution in [1.29, 1.82) is 0 Å². The minimum Gasteiger partial charge on any atom is -0.456 e. The first-order valence-corrected chi connectivity index (χ1v) is 17.1. The fourth-order valence-electron chi connectivity index (χ4n) is 7.64. The molecule has 2 nitrogen and oxygen atoms in total. The van der Waals surface area contributed by atoms with Crippen molar-refractivity contribution < 1.29 is 4.42 Å². The minimum absolute atomic E-state index is 0.918. The summed E-state index contributed by atoms with van der Waals surface area (Å²) in [5.74, 6) is 0. The Balaban J connectivity index is 1.16. The molecular weight excluding hydrogens is 607 g/mol. The van der Waals surface area contributed by atoms with Crippen LogP contribution in [0.5, 0.6) is 0 Å². The lowest BCUT2D eigenvalue weighted by atomic mass is 9.96. The highest BCUT2D eigenvalue weighted by molar-refractivity contribution is 6.15. The van der Waals surface area contributed by atoms with Crippen molar-refractivity contribution in [2.75, 3.05) is 4.90 Å². The number of benzene rings is 9. The zero-order valence-electron chi connectivity index (χ0n) is 27.3. The Morgan fingerprint density at radius 1 is 0.320 bits per heavy atom. The summed E-state index contributed by atoms with van der Waals surface area (Å²) in [5, 5.41) is 9.61. The fourth-order valence-corrected chi connectivity index (χ4v) is 7.64. The maximum atomic E-state index is 6.22. The molecule has 0 radical (unpaired) electrons. The second-order valence-electron chi connectivity index (χ2n) is 12.9. The predicted molar refractivity (Wildman–Crippen MR) is 212 cm³/mol.